The second-order valence-electron chi connectivity index (χ2n) is 4.12. The largest absolute Gasteiger partial charge is 0.301 e. The predicted molar refractivity (Wildman–Crippen MR) is 53.8 cm³/mol. The van der Waals surface area contributed by atoms with Gasteiger partial charge < -0.3 is 4.57 Å². The number of halogens is 1. The Morgan fingerprint density at radius 1 is 1.38 bits per heavy atom. The fraction of sp³-hybridized carbons (Fsp3) is 0.778. The van der Waals surface area contributed by atoms with Crippen LogP contribution in [0.25, 0.3) is 0 Å². The molecular weight excluding hydrogens is 186 g/mol. The third-order valence-corrected chi connectivity index (χ3v) is 2.71. The second kappa shape index (κ2) is 3.66. The Labute approximate surface area is 84.1 Å². The van der Waals surface area contributed by atoms with E-state index in [1.54, 1.807) is 0 Å². The fourth-order valence-electron chi connectivity index (χ4n) is 1.07. The van der Waals surface area contributed by atoms with Crippen molar-refractivity contribution < 1.29 is 0 Å². The maximum absolute atomic E-state index is 5.90. The van der Waals surface area contributed by atoms with E-state index >= 15 is 0 Å². The molecule has 0 unspecified atom stereocenters. The summed E-state index contributed by atoms with van der Waals surface area (Å²) < 4.78 is 1.95. The molecule has 0 amide bonds. The molecule has 0 aliphatic heterocycles. The Balaban J connectivity index is 2.85. The molecule has 1 heterocycles. The van der Waals surface area contributed by atoms with E-state index in [4.69, 9.17) is 11.6 Å². The predicted octanol–water partition coefficient (Wildman–Crippen LogP) is 2.68. The van der Waals surface area contributed by atoms with Crippen molar-refractivity contribution in [1.29, 1.82) is 0 Å². The average Bonchev–Trinajstić information content (AvgIpc) is 2.36. The smallest absolute Gasteiger partial charge is 0.225 e. The van der Waals surface area contributed by atoms with Gasteiger partial charge in [0.05, 0.1) is 0 Å². The average molecular weight is 202 g/mol. The number of nitrogens with zero attached hydrogens (tertiary/aromatic N) is 3. The van der Waals surface area contributed by atoms with E-state index in [1.165, 1.54) is 0 Å². The molecule has 0 bridgehead atoms. The second-order valence-corrected chi connectivity index (χ2v) is 4.46. The summed E-state index contributed by atoms with van der Waals surface area (Å²) >= 11 is 5.90. The van der Waals surface area contributed by atoms with Crippen LogP contribution in [0.3, 0.4) is 0 Å². The lowest BCUT2D eigenvalue weighted by molar-refractivity contribution is 0.291. The number of rotatable bonds is 3. The molecule has 0 atom stereocenters. The highest BCUT2D eigenvalue weighted by Crippen LogP contribution is 2.24. The standard InChI is InChI=1S/C9H16ClN3/c1-5-9(3,4)6-13-7(2)11-12-8(13)10/h5-6H2,1-4H3. The van der Waals surface area contributed by atoms with Crippen LogP contribution in [0.2, 0.25) is 5.28 Å². The van der Waals surface area contributed by atoms with Crippen molar-refractivity contribution in [2.45, 2.75) is 40.7 Å². The van der Waals surface area contributed by atoms with Crippen LogP contribution in [0.5, 0.6) is 0 Å². The van der Waals surface area contributed by atoms with Crippen molar-refractivity contribution in [2.24, 2.45) is 5.41 Å². The molecule has 13 heavy (non-hydrogen) atoms. The molecular formula is C9H16ClN3. The molecule has 74 valence electrons. The summed E-state index contributed by atoms with van der Waals surface area (Å²) in [5, 5.41) is 8.21. The number of aromatic nitrogens is 3. The van der Waals surface area contributed by atoms with Crippen LogP contribution in [0.4, 0.5) is 0 Å². The van der Waals surface area contributed by atoms with Crippen LogP contribution in [0.15, 0.2) is 0 Å². The first-order valence-corrected chi connectivity index (χ1v) is 4.89. The first-order valence-electron chi connectivity index (χ1n) is 4.51. The van der Waals surface area contributed by atoms with E-state index in [0.717, 1.165) is 18.8 Å². The Morgan fingerprint density at radius 3 is 2.38 bits per heavy atom. The van der Waals surface area contributed by atoms with Crippen LogP contribution in [-0.4, -0.2) is 14.8 Å². The SMILES string of the molecule is CCC(C)(C)Cn1c(C)nnc1Cl. The molecule has 0 aliphatic carbocycles. The van der Waals surface area contributed by atoms with Crippen molar-refractivity contribution in [2.75, 3.05) is 0 Å². The third kappa shape index (κ3) is 2.44. The maximum atomic E-state index is 5.90. The van der Waals surface area contributed by atoms with Gasteiger partial charge in [0, 0.05) is 6.54 Å². The summed E-state index contributed by atoms with van der Waals surface area (Å²) in [5.41, 5.74) is 0.247. The molecule has 0 saturated carbocycles. The van der Waals surface area contributed by atoms with E-state index in [9.17, 15) is 0 Å². The highest BCUT2D eigenvalue weighted by molar-refractivity contribution is 6.28. The van der Waals surface area contributed by atoms with Crippen LogP contribution in [0.1, 0.15) is 33.0 Å². The first-order chi connectivity index (χ1) is 5.96. The highest BCUT2D eigenvalue weighted by atomic mass is 35.5. The molecule has 0 aromatic carbocycles. The first kappa shape index (κ1) is 10.5. The van der Waals surface area contributed by atoms with Crippen LogP contribution in [-0.2, 0) is 6.54 Å². The fourth-order valence-corrected chi connectivity index (χ4v) is 1.29. The number of hydrogen-bond donors (Lipinski definition) is 0. The van der Waals surface area contributed by atoms with Crippen LogP contribution >= 0.6 is 11.6 Å². The number of hydrogen-bond acceptors (Lipinski definition) is 2. The van der Waals surface area contributed by atoms with E-state index in [0.29, 0.717) is 5.28 Å². The molecule has 1 aromatic heterocycles. The Bertz CT molecular complexity index is 272. The minimum Gasteiger partial charge on any atom is -0.301 e. The Morgan fingerprint density at radius 2 is 2.00 bits per heavy atom. The van der Waals surface area contributed by atoms with Gasteiger partial charge in [0.25, 0.3) is 0 Å². The summed E-state index contributed by atoms with van der Waals surface area (Å²) in [7, 11) is 0. The summed E-state index contributed by atoms with van der Waals surface area (Å²) in [6, 6.07) is 0. The van der Waals surface area contributed by atoms with Crippen molar-refractivity contribution in [3.8, 4) is 0 Å². The lowest BCUT2D eigenvalue weighted by Gasteiger charge is -2.23. The van der Waals surface area contributed by atoms with E-state index in [1.807, 2.05) is 11.5 Å². The van der Waals surface area contributed by atoms with Gasteiger partial charge in [-0.15, -0.1) is 10.2 Å². The normalized spacial score (nSPS) is 12.1. The molecule has 0 spiro atoms. The molecule has 0 saturated heterocycles. The van der Waals surface area contributed by atoms with Crippen molar-refractivity contribution in [3.05, 3.63) is 11.1 Å². The third-order valence-electron chi connectivity index (χ3n) is 2.43. The van der Waals surface area contributed by atoms with Gasteiger partial charge in [0.2, 0.25) is 5.28 Å². The lowest BCUT2D eigenvalue weighted by atomic mass is 9.90. The molecule has 0 radical (unpaired) electrons. The minimum absolute atomic E-state index is 0.247. The summed E-state index contributed by atoms with van der Waals surface area (Å²) in [6.45, 7) is 9.39. The van der Waals surface area contributed by atoms with Gasteiger partial charge in [-0.1, -0.05) is 20.8 Å². The summed E-state index contributed by atoms with van der Waals surface area (Å²) in [5.74, 6) is 0.881. The van der Waals surface area contributed by atoms with Crippen molar-refractivity contribution >= 4 is 11.6 Å². The monoisotopic (exact) mass is 201 g/mol. The van der Waals surface area contributed by atoms with E-state index in [-0.39, 0.29) is 5.41 Å². The van der Waals surface area contributed by atoms with Crippen LogP contribution < -0.4 is 0 Å². The minimum atomic E-state index is 0.247. The number of aryl methyl sites for hydroxylation is 1. The van der Waals surface area contributed by atoms with Gasteiger partial charge in [-0.3, -0.25) is 0 Å². The van der Waals surface area contributed by atoms with Gasteiger partial charge in [-0.05, 0) is 30.4 Å². The maximum Gasteiger partial charge on any atom is 0.225 e. The summed E-state index contributed by atoms with van der Waals surface area (Å²) in [4.78, 5) is 0. The molecule has 4 heteroatoms. The van der Waals surface area contributed by atoms with Gasteiger partial charge >= 0.3 is 0 Å². The molecule has 3 nitrogen and oxygen atoms in total. The molecule has 0 N–H and O–H groups in total. The molecule has 1 rings (SSSR count). The molecule has 0 fully saturated rings. The van der Waals surface area contributed by atoms with Gasteiger partial charge in [-0.25, -0.2) is 0 Å². The summed E-state index contributed by atoms with van der Waals surface area (Å²) in [6.07, 6.45) is 1.11. The quantitative estimate of drug-likeness (QED) is 0.753. The van der Waals surface area contributed by atoms with Gasteiger partial charge in [0.15, 0.2) is 0 Å². The Kier molecular flexibility index (Phi) is 2.96. The van der Waals surface area contributed by atoms with Crippen molar-refractivity contribution in [1.82, 2.24) is 14.8 Å². The van der Waals surface area contributed by atoms with Gasteiger partial charge in [0.1, 0.15) is 5.82 Å². The van der Waals surface area contributed by atoms with Gasteiger partial charge in [-0.2, -0.15) is 0 Å². The van der Waals surface area contributed by atoms with E-state index in [2.05, 4.69) is 31.0 Å². The highest BCUT2D eigenvalue weighted by Gasteiger charge is 2.18. The van der Waals surface area contributed by atoms with Crippen molar-refractivity contribution in [3.63, 3.8) is 0 Å². The zero-order valence-electron chi connectivity index (χ0n) is 8.63. The molecule has 1 aromatic rings. The molecule has 0 aliphatic rings. The zero-order valence-corrected chi connectivity index (χ0v) is 9.39. The lowest BCUT2D eigenvalue weighted by Crippen LogP contribution is -2.19. The Hall–Kier alpha value is -0.570. The topological polar surface area (TPSA) is 30.7 Å². The van der Waals surface area contributed by atoms with Crippen LogP contribution in [0, 0.1) is 12.3 Å². The van der Waals surface area contributed by atoms with E-state index < -0.39 is 0 Å². The zero-order chi connectivity index (χ0) is 10.1.